The van der Waals surface area contributed by atoms with Crippen LogP contribution in [-0.2, 0) is 20.4 Å². The minimum Gasteiger partial charge on any atom is -0.489 e. The Hall–Kier alpha value is -1.87. The number of aromatic nitrogens is 1. The molecule has 6 nitrogen and oxygen atoms in total. The Bertz CT molecular complexity index is 559. The lowest BCUT2D eigenvalue weighted by atomic mass is 10.2. The molecule has 1 atom stereocenters. The molecule has 134 valence electrons. The second kappa shape index (κ2) is 8.29. The van der Waals surface area contributed by atoms with Crippen molar-refractivity contribution < 1.29 is 36.9 Å². The van der Waals surface area contributed by atoms with Crippen LogP contribution in [-0.4, -0.2) is 44.2 Å². The summed E-state index contributed by atoms with van der Waals surface area (Å²) in [5.74, 6) is -1.42. The van der Waals surface area contributed by atoms with Crippen LogP contribution in [0, 0.1) is 0 Å². The highest BCUT2D eigenvalue weighted by molar-refractivity contribution is 5.87. The second-order valence-corrected chi connectivity index (χ2v) is 5.07. The van der Waals surface area contributed by atoms with Crippen LogP contribution in [0.5, 0.6) is 5.75 Å². The number of rotatable bonds is 6. The number of hydrogen-bond acceptors (Lipinski definition) is 6. The number of hydrogen-bond donors (Lipinski definition) is 0. The van der Waals surface area contributed by atoms with Crippen molar-refractivity contribution in [3.63, 3.8) is 0 Å². The quantitative estimate of drug-likeness (QED) is 0.581. The van der Waals surface area contributed by atoms with Gasteiger partial charge in [0.05, 0.1) is 19.9 Å². The van der Waals surface area contributed by atoms with Crippen LogP contribution in [0.15, 0.2) is 12.3 Å². The van der Waals surface area contributed by atoms with E-state index >= 15 is 0 Å². The van der Waals surface area contributed by atoms with Crippen molar-refractivity contribution in [2.45, 2.75) is 31.7 Å². The van der Waals surface area contributed by atoms with Gasteiger partial charge in [-0.25, -0.2) is 9.78 Å². The first-order chi connectivity index (χ1) is 11.4. The zero-order valence-electron chi connectivity index (χ0n) is 13.1. The molecule has 1 aromatic heterocycles. The van der Waals surface area contributed by atoms with E-state index in [0.29, 0.717) is 12.7 Å². The first-order valence-corrected chi connectivity index (χ1v) is 7.43. The van der Waals surface area contributed by atoms with Gasteiger partial charge >= 0.3 is 12.1 Å². The van der Waals surface area contributed by atoms with E-state index in [2.05, 4.69) is 9.72 Å². The molecular formula is C15H18F3NO5. The molecule has 1 aromatic rings. The molecule has 0 bridgehead atoms. The first-order valence-electron chi connectivity index (χ1n) is 7.43. The van der Waals surface area contributed by atoms with Gasteiger partial charge in [-0.1, -0.05) is 0 Å². The summed E-state index contributed by atoms with van der Waals surface area (Å²) in [4.78, 5) is 14.9. The van der Waals surface area contributed by atoms with E-state index in [-0.39, 0.29) is 19.5 Å². The lowest BCUT2D eigenvalue weighted by molar-refractivity contribution is -0.166. The van der Waals surface area contributed by atoms with Crippen molar-refractivity contribution in [3.8, 4) is 5.75 Å². The fourth-order valence-electron chi connectivity index (χ4n) is 2.17. The average Bonchev–Trinajstić information content (AvgIpc) is 2.58. The van der Waals surface area contributed by atoms with E-state index in [9.17, 15) is 18.0 Å². The largest absolute Gasteiger partial charge is 0.489 e. The molecule has 1 saturated heterocycles. The maximum Gasteiger partial charge on any atom is 0.420 e. The normalized spacial score (nSPS) is 18.2. The Morgan fingerprint density at radius 3 is 2.79 bits per heavy atom. The monoisotopic (exact) mass is 349 g/mol. The van der Waals surface area contributed by atoms with Gasteiger partial charge in [-0.05, 0) is 25.3 Å². The Morgan fingerprint density at radius 1 is 1.38 bits per heavy atom. The minimum atomic E-state index is -4.69. The first kappa shape index (κ1) is 18.5. The molecule has 24 heavy (non-hydrogen) atoms. The summed E-state index contributed by atoms with van der Waals surface area (Å²) in [6, 6.07) is 0.603. The predicted molar refractivity (Wildman–Crippen MR) is 75.6 cm³/mol. The standard InChI is InChI=1S/C15H18F3NO5/c1-21-14(20)11-8-10(15(16,17)18)12(9-19-11)22-6-7-24-13-4-2-3-5-23-13/h8-9,13H,2-7H2,1H3. The number of pyridine rings is 1. The van der Waals surface area contributed by atoms with Gasteiger partial charge in [0.2, 0.25) is 0 Å². The van der Waals surface area contributed by atoms with Gasteiger partial charge in [-0.15, -0.1) is 0 Å². The SMILES string of the molecule is COC(=O)c1cc(C(F)(F)F)c(OCCOC2CCCCO2)cn1. The maximum absolute atomic E-state index is 13.1. The molecule has 0 N–H and O–H groups in total. The van der Waals surface area contributed by atoms with Crippen molar-refractivity contribution in [2.24, 2.45) is 0 Å². The van der Waals surface area contributed by atoms with Crippen LogP contribution >= 0.6 is 0 Å². The van der Waals surface area contributed by atoms with E-state index in [1.165, 1.54) is 0 Å². The summed E-state index contributed by atoms with van der Waals surface area (Å²) in [7, 11) is 1.06. The van der Waals surface area contributed by atoms with Gasteiger partial charge in [0.1, 0.15) is 23.6 Å². The Morgan fingerprint density at radius 2 is 2.17 bits per heavy atom. The Balaban J connectivity index is 1.96. The number of methoxy groups -OCH3 is 1. The maximum atomic E-state index is 13.1. The summed E-state index contributed by atoms with van der Waals surface area (Å²) >= 11 is 0. The number of halogens is 3. The third-order valence-electron chi connectivity index (χ3n) is 3.35. The number of carbonyl (C=O) groups is 1. The third kappa shape index (κ3) is 5.07. The van der Waals surface area contributed by atoms with Crippen LogP contribution < -0.4 is 4.74 Å². The highest BCUT2D eigenvalue weighted by atomic mass is 19.4. The van der Waals surface area contributed by atoms with E-state index in [0.717, 1.165) is 32.6 Å². The van der Waals surface area contributed by atoms with Gasteiger partial charge in [0.25, 0.3) is 0 Å². The zero-order chi connectivity index (χ0) is 17.6. The molecular weight excluding hydrogens is 331 g/mol. The third-order valence-corrected chi connectivity index (χ3v) is 3.35. The highest BCUT2D eigenvalue weighted by Crippen LogP contribution is 2.36. The molecule has 0 saturated carbocycles. The fourth-order valence-corrected chi connectivity index (χ4v) is 2.17. The molecule has 2 rings (SSSR count). The number of esters is 1. The fraction of sp³-hybridized carbons (Fsp3) is 0.600. The number of carbonyl (C=O) groups excluding carboxylic acids is 1. The Kier molecular flexibility index (Phi) is 6.38. The zero-order valence-corrected chi connectivity index (χ0v) is 13.1. The molecule has 0 aliphatic carbocycles. The molecule has 0 aromatic carbocycles. The van der Waals surface area contributed by atoms with Gasteiger partial charge in [-0.3, -0.25) is 0 Å². The van der Waals surface area contributed by atoms with Crippen LogP contribution in [0.25, 0.3) is 0 Å². The minimum absolute atomic E-state index is 0.0840. The van der Waals surface area contributed by atoms with Crippen molar-refractivity contribution in [3.05, 3.63) is 23.5 Å². The van der Waals surface area contributed by atoms with Gasteiger partial charge in [0, 0.05) is 6.61 Å². The van der Waals surface area contributed by atoms with Crippen LogP contribution in [0.1, 0.15) is 35.3 Å². The molecule has 1 fully saturated rings. The van der Waals surface area contributed by atoms with E-state index in [1.54, 1.807) is 0 Å². The van der Waals surface area contributed by atoms with E-state index in [1.807, 2.05) is 0 Å². The Labute approximate surface area is 136 Å². The molecule has 9 heteroatoms. The molecule has 1 aliphatic rings. The summed E-state index contributed by atoms with van der Waals surface area (Å²) in [5, 5.41) is 0. The van der Waals surface area contributed by atoms with E-state index < -0.39 is 29.2 Å². The predicted octanol–water partition coefficient (Wildman–Crippen LogP) is 2.81. The van der Waals surface area contributed by atoms with Crippen LogP contribution in [0.2, 0.25) is 0 Å². The topological polar surface area (TPSA) is 66.9 Å². The highest BCUT2D eigenvalue weighted by Gasteiger charge is 2.36. The van der Waals surface area contributed by atoms with Gasteiger partial charge in [-0.2, -0.15) is 13.2 Å². The van der Waals surface area contributed by atoms with Crippen molar-refractivity contribution in [1.82, 2.24) is 4.98 Å². The second-order valence-electron chi connectivity index (χ2n) is 5.07. The molecule has 0 spiro atoms. The molecule has 0 amide bonds. The number of alkyl halides is 3. The van der Waals surface area contributed by atoms with Crippen molar-refractivity contribution in [1.29, 1.82) is 0 Å². The summed E-state index contributed by atoms with van der Waals surface area (Å²) in [5.41, 5.74) is -1.53. The van der Waals surface area contributed by atoms with E-state index in [4.69, 9.17) is 14.2 Å². The molecule has 1 unspecified atom stereocenters. The summed E-state index contributed by atoms with van der Waals surface area (Å²) in [6.45, 7) is 0.603. The lowest BCUT2D eigenvalue weighted by Crippen LogP contribution is -2.24. The average molecular weight is 349 g/mol. The number of nitrogens with zero attached hydrogens (tertiary/aromatic N) is 1. The smallest absolute Gasteiger partial charge is 0.420 e. The van der Waals surface area contributed by atoms with Crippen LogP contribution in [0.3, 0.4) is 0 Å². The molecule has 1 aliphatic heterocycles. The molecule has 2 heterocycles. The van der Waals surface area contributed by atoms with Crippen molar-refractivity contribution >= 4 is 5.97 Å². The lowest BCUT2D eigenvalue weighted by Gasteiger charge is -2.22. The van der Waals surface area contributed by atoms with Crippen molar-refractivity contribution in [2.75, 3.05) is 26.9 Å². The number of ether oxygens (including phenoxy) is 4. The molecule has 0 radical (unpaired) electrons. The summed E-state index contributed by atoms with van der Waals surface area (Å²) < 4.78 is 59.5. The van der Waals surface area contributed by atoms with Gasteiger partial charge in [0.15, 0.2) is 6.29 Å². The van der Waals surface area contributed by atoms with Gasteiger partial charge < -0.3 is 18.9 Å². The summed E-state index contributed by atoms with van der Waals surface area (Å²) in [6.07, 6.45) is -1.46. The van der Waals surface area contributed by atoms with Crippen LogP contribution in [0.4, 0.5) is 13.2 Å².